The molecule has 2 fully saturated rings. The van der Waals surface area contributed by atoms with E-state index in [1.54, 1.807) is 0 Å². The van der Waals surface area contributed by atoms with Crippen LogP contribution in [0.1, 0.15) is 33.1 Å². The average molecular weight is 225 g/mol. The van der Waals surface area contributed by atoms with Crippen LogP contribution in [0.4, 0.5) is 0 Å². The molecule has 1 N–H and O–H groups in total. The summed E-state index contributed by atoms with van der Waals surface area (Å²) in [5, 5.41) is 3.52. The van der Waals surface area contributed by atoms with Crippen LogP contribution in [0.3, 0.4) is 0 Å². The van der Waals surface area contributed by atoms with E-state index in [0.29, 0.717) is 6.04 Å². The summed E-state index contributed by atoms with van der Waals surface area (Å²) in [5.74, 6) is 0. The topological polar surface area (TPSA) is 18.5 Å². The number of hydrogen-bond acceptors (Lipinski definition) is 3. The first-order chi connectivity index (χ1) is 7.75. The third kappa shape index (κ3) is 3.44. The normalized spacial score (nSPS) is 28.3. The second-order valence-electron chi connectivity index (χ2n) is 5.60. The van der Waals surface area contributed by atoms with Gasteiger partial charge in [-0.05, 0) is 38.9 Å². The van der Waals surface area contributed by atoms with Gasteiger partial charge in [0, 0.05) is 31.7 Å². The van der Waals surface area contributed by atoms with Crippen molar-refractivity contribution in [2.45, 2.75) is 45.2 Å². The van der Waals surface area contributed by atoms with Gasteiger partial charge in [-0.3, -0.25) is 4.90 Å². The SMILES string of the molecule is CC(C)NCCN1CCCN2CCCC2C1. The Balaban J connectivity index is 1.73. The molecule has 0 aromatic carbocycles. The largest absolute Gasteiger partial charge is 0.313 e. The fraction of sp³-hybridized carbons (Fsp3) is 1.00. The summed E-state index contributed by atoms with van der Waals surface area (Å²) in [4.78, 5) is 5.36. The van der Waals surface area contributed by atoms with E-state index in [9.17, 15) is 0 Å². The fourth-order valence-electron chi connectivity index (χ4n) is 3.00. The molecule has 2 aliphatic rings. The highest BCUT2D eigenvalue weighted by atomic mass is 15.3. The Morgan fingerprint density at radius 2 is 2.00 bits per heavy atom. The molecule has 0 aliphatic carbocycles. The van der Waals surface area contributed by atoms with Gasteiger partial charge in [0.1, 0.15) is 0 Å². The Bertz CT molecular complexity index is 205. The summed E-state index contributed by atoms with van der Waals surface area (Å²) < 4.78 is 0. The highest BCUT2D eigenvalue weighted by Gasteiger charge is 2.28. The molecular formula is C13H27N3. The monoisotopic (exact) mass is 225 g/mol. The molecule has 2 saturated heterocycles. The molecule has 1 unspecified atom stereocenters. The second kappa shape index (κ2) is 5.99. The first-order valence-electron chi connectivity index (χ1n) is 6.95. The van der Waals surface area contributed by atoms with E-state index < -0.39 is 0 Å². The van der Waals surface area contributed by atoms with Gasteiger partial charge in [-0.2, -0.15) is 0 Å². The van der Waals surface area contributed by atoms with Crippen molar-refractivity contribution in [3.63, 3.8) is 0 Å². The van der Waals surface area contributed by atoms with E-state index in [1.807, 2.05) is 0 Å². The first-order valence-corrected chi connectivity index (χ1v) is 6.95. The van der Waals surface area contributed by atoms with E-state index in [0.717, 1.165) is 12.6 Å². The fourth-order valence-corrected chi connectivity index (χ4v) is 3.00. The Morgan fingerprint density at radius 3 is 2.81 bits per heavy atom. The van der Waals surface area contributed by atoms with Crippen molar-refractivity contribution in [2.75, 3.05) is 39.3 Å². The zero-order chi connectivity index (χ0) is 11.4. The van der Waals surface area contributed by atoms with E-state index in [1.165, 1.54) is 52.0 Å². The van der Waals surface area contributed by atoms with Gasteiger partial charge >= 0.3 is 0 Å². The minimum absolute atomic E-state index is 0.620. The van der Waals surface area contributed by atoms with E-state index in [4.69, 9.17) is 0 Å². The van der Waals surface area contributed by atoms with Gasteiger partial charge in [0.2, 0.25) is 0 Å². The van der Waals surface area contributed by atoms with Crippen molar-refractivity contribution in [1.82, 2.24) is 15.1 Å². The van der Waals surface area contributed by atoms with E-state index in [-0.39, 0.29) is 0 Å². The molecule has 0 bridgehead atoms. The van der Waals surface area contributed by atoms with Crippen LogP contribution in [0.25, 0.3) is 0 Å². The summed E-state index contributed by atoms with van der Waals surface area (Å²) in [6.45, 7) is 12.1. The number of rotatable bonds is 4. The molecule has 0 aromatic rings. The van der Waals surface area contributed by atoms with Gasteiger partial charge in [0.25, 0.3) is 0 Å². The number of nitrogens with one attached hydrogen (secondary N) is 1. The predicted octanol–water partition coefficient (Wildman–Crippen LogP) is 1.15. The van der Waals surface area contributed by atoms with Gasteiger partial charge < -0.3 is 10.2 Å². The quantitative estimate of drug-likeness (QED) is 0.774. The lowest BCUT2D eigenvalue weighted by Crippen LogP contribution is -2.40. The maximum atomic E-state index is 3.52. The number of hydrogen-bond donors (Lipinski definition) is 1. The molecule has 0 saturated carbocycles. The minimum Gasteiger partial charge on any atom is -0.313 e. The highest BCUT2D eigenvalue weighted by Crippen LogP contribution is 2.20. The number of fused-ring (bicyclic) bond motifs is 1. The summed E-state index contributed by atoms with van der Waals surface area (Å²) in [6.07, 6.45) is 4.20. The molecule has 0 spiro atoms. The molecule has 1 atom stereocenters. The lowest BCUT2D eigenvalue weighted by Gasteiger charge is -2.25. The Labute approximate surface area is 100 Å². The smallest absolute Gasteiger partial charge is 0.0223 e. The molecule has 2 heterocycles. The van der Waals surface area contributed by atoms with E-state index in [2.05, 4.69) is 29.0 Å². The Kier molecular flexibility index (Phi) is 4.62. The molecular weight excluding hydrogens is 198 g/mol. The third-order valence-electron chi connectivity index (χ3n) is 3.87. The van der Waals surface area contributed by atoms with Crippen molar-refractivity contribution < 1.29 is 0 Å². The summed E-state index contributed by atoms with van der Waals surface area (Å²) in [6, 6.07) is 1.48. The van der Waals surface area contributed by atoms with Gasteiger partial charge in [-0.15, -0.1) is 0 Å². The highest BCUT2D eigenvalue weighted by molar-refractivity contribution is 4.85. The molecule has 3 nitrogen and oxygen atoms in total. The molecule has 16 heavy (non-hydrogen) atoms. The zero-order valence-corrected chi connectivity index (χ0v) is 10.9. The molecule has 0 aromatic heterocycles. The van der Waals surface area contributed by atoms with Crippen LogP contribution in [0.15, 0.2) is 0 Å². The van der Waals surface area contributed by atoms with Crippen LogP contribution >= 0.6 is 0 Å². The second-order valence-corrected chi connectivity index (χ2v) is 5.60. The summed E-state index contributed by atoms with van der Waals surface area (Å²) >= 11 is 0. The van der Waals surface area contributed by atoms with Crippen molar-refractivity contribution in [1.29, 1.82) is 0 Å². The van der Waals surface area contributed by atoms with Crippen molar-refractivity contribution in [2.24, 2.45) is 0 Å². The van der Waals surface area contributed by atoms with Gasteiger partial charge in [0.05, 0.1) is 0 Å². The third-order valence-corrected chi connectivity index (χ3v) is 3.87. The van der Waals surface area contributed by atoms with Crippen LogP contribution in [0, 0.1) is 0 Å². The molecule has 0 radical (unpaired) electrons. The van der Waals surface area contributed by atoms with Gasteiger partial charge in [0.15, 0.2) is 0 Å². The lowest BCUT2D eigenvalue weighted by atomic mass is 10.2. The molecule has 0 amide bonds. The molecule has 3 heteroatoms. The average Bonchev–Trinajstić information content (AvgIpc) is 2.57. The lowest BCUT2D eigenvalue weighted by molar-refractivity contribution is 0.219. The predicted molar refractivity (Wildman–Crippen MR) is 68.8 cm³/mol. The molecule has 94 valence electrons. The van der Waals surface area contributed by atoms with Crippen LogP contribution in [0.2, 0.25) is 0 Å². The van der Waals surface area contributed by atoms with Crippen LogP contribution in [-0.2, 0) is 0 Å². The zero-order valence-electron chi connectivity index (χ0n) is 10.9. The molecule has 2 rings (SSSR count). The van der Waals surface area contributed by atoms with Crippen LogP contribution < -0.4 is 5.32 Å². The number of nitrogens with zero attached hydrogens (tertiary/aromatic N) is 2. The van der Waals surface area contributed by atoms with E-state index >= 15 is 0 Å². The first kappa shape index (κ1) is 12.3. The van der Waals surface area contributed by atoms with Crippen molar-refractivity contribution >= 4 is 0 Å². The summed E-state index contributed by atoms with van der Waals surface area (Å²) in [5.41, 5.74) is 0. The Morgan fingerprint density at radius 1 is 1.19 bits per heavy atom. The van der Waals surface area contributed by atoms with Crippen molar-refractivity contribution in [3.8, 4) is 0 Å². The maximum absolute atomic E-state index is 3.52. The van der Waals surface area contributed by atoms with Crippen molar-refractivity contribution in [3.05, 3.63) is 0 Å². The molecule has 2 aliphatic heterocycles. The van der Waals surface area contributed by atoms with Crippen LogP contribution in [0.5, 0.6) is 0 Å². The summed E-state index contributed by atoms with van der Waals surface area (Å²) in [7, 11) is 0. The Hall–Kier alpha value is -0.120. The van der Waals surface area contributed by atoms with Gasteiger partial charge in [-0.25, -0.2) is 0 Å². The van der Waals surface area contributed by atoms with Gasteiger partial charge in [-0.1, -0.05) is 13.8 Å². The maximum Gasteiger partial charge on any atom is 0.0223 e. The van der Waals surface area contributed by atoms with Crippen LogP contribution in [-0.4, -0.2) is 61.2 Å². The minimum atomic E-state index is 0.620. The standard InChI is InChI=1S/C13H27N3/c1-12(2)14-6-10-15-7-4-9-16-8-3-5-13(16)11-15/h12-14H,3-11H2,1-2H3.